The van der Waals surface area contributed by atoms with Gasteiger partial charge in [-0.05, 0) is 78.9 Å². The number of imidazole rings is 1. The summed E-state index contributed by atoms with van der Waals surface area (Å²) < 4.78 is 9.30. The van der Waals surface area contributed by atoms with Gasteiger partial charge in [0.25, 0.3) is 0 Å². The van der Waals surface area contributed by atoms with Gasteiger partial charge in [-0.2, -0.15) is 0 Å². The minimum atomic E-state index is 0.677. The van der Waals surface area contributed by atoms with Gasteiger partial charge >= 0.3 is 0 Å². The number of fused-ring (bicyclic) bond motifs is 10. The lowest BCUT2D eigenvalue weighted by molar-refractivity contribution is 1.11. The predicted molar refractivity (Wildman–Crippen MR) is 247 cm³/mol. The molecule has 0 saturated heterocycles. The van der Waals surface area contributed by atoms with Crippen LogP contribution in [-0.2, 0) is 0 Å². The van der Waals surface area contributed by atoms with Gasteiger partial charge in [0, 0.05) is 72.9 Å². The molecule has 0 atom stereocenters. The van der Waals surface area contributed by atoms with Crippen molar-refractivity contribution < 1.29 is 0 Å². The Morgan fingerprint density at radius 2 is 0.767 bits per heavy atom. The molecule has 0 bridgehead atoms. The summed E-state index contributed by atoms with van der Waals surface area (Å²) in [5.74, 6) is 0.677. The summed E-state index contributed by atoms with van der Waals surface area (Å²) in [5.41, 5.74) is 14.5. The minimum Gasteiger partial charge on any atom is -0.309 e. The van der Waals surface area contributed by atoms with Crippen molar-refractivity contribution in [3.8, 4) is 39.6 Å². The van der Waals surface area contributed by atoms with Crippen molar-refractivity contribution in [3.05, 3.63) is 207 Å². The Morgan fingerprint density at radius 3 is 1.28 bits per heavy atom. The van der Waals surface area contributed by atoms with E-state index in [0.29, 0.717) is 5.78 Å². The number of para-hydroxylation sites is 4. The van der Waals surface area contributed by atoms with Crippen LogP contribution in [0.4, 0.5) is 0 Å². The molecule has 5 aromatic heterocycles. The molecule has 5 heterocycles. The van der Waals surface area contributed by atoms with Gasteiger partial charge < -0.3 is 13.7 Å². The number of hydrogen-bond acceptors (Lipinski definition) is 2. The first-order valence-corrected chi connectivity index (χ1v) is 20.3. The number of benzene rings is 8. The molecule has 0 amide bonds. The van der Waals surface area contributed by atoms with Gasteiger partial charge in [-0.3, -0.25) is 4.40 Å². The van der Waals surface area contributed by atoms with Crippen LogP contribution in [0.3, 0.4) is 0 Å². The summed E-state index contributed by atoms with van der Waals surface area (Å²) in [6.45, 7) is 0. The number of hydrogen-bond donors (Lipinski definition) is 0. The zero-order chi connectivity index (χ0) is 39.3. The van der Waals surface area contributed by atoms with Crippen molar-refractivity contribution in [1.82, 2.24) is 28.1 Å². The van der Waals surface area contributed by atoms with Gasteiger partial charge in [0.1, 0.15) is 0 Å². The second-order valence-electron chi connectivity index (χ2n) is 15.5. The van der Waals surface area contributed by atoms with Crippen LogP contribution < -0.4 is 0 Å². The van der Waals surface area contributed by atoms with Crippen molar-refractivity contribution in [2.45, 2.75) is 0 Å². The van der Waals surface area contributed by atoms with E-state index in [9.17, 15) is 0 Å². The Morgan fingerprint density at radius 1 is 0.333 bits per heavy atom. The highest BCUT2D eigenvalue weighted by Gasteiger charge is 2.20. The van der Waals surface area contributed by atoms with E-state index in [1.807, 2.05) is 18.3 Å². The van der Waals surface area contributed by atoms with Gasteiger partial charge in [0.2, 0.25) is 5.78 Å². The zero-order valence-electron chi connectivity index (χ0n) is 32.3. The van der Waals surface area contributed by atoms with Crippen LogP contribution in [-0.4, -0.2) is 28.1 Å². The highest BCUT2D eigenvalue weighted by molar-refractivity contribution is 6.14. The van der Waals surface area contributed by atoms with Gasteiger partial charge in [0.05, 0.1) is 44.5 Å². The van der Waals surface area contributed by atoms with Crippen LogP contribution in [0.1, 0.15) is 0 Å². The first kappa shape index (κ1) is 32.8. The Balaban J connectivity index is 1.05. The molecule has 8 aromatic carbocycles. The summed E-state index contributed by atoms with van der Waals surface area (Å²) in [6.07, 6.45) is 3.83. The number of nitrogens with zero attached hydrogens (tertiary/aromatic N) is 6. The fraction of sp³-hybridized carbons (Fsp3) is 0. The van der Waals surface area contributed by atoms with Gasteiger partial charge in [-0.15, -0.1) is 0 Å². The number of aromatic nitrogens is 6. The maximum Gasteiger partial charge on any atom is 0.234 e. The summed E-state index contributed by atoms with van der Waals surface area (Å²) in [4.78, 5) is 9.65. The SMILES string of the molecule is c1ccc(-c2c(-c3ccc(-n4c5ccc(-n6c7ccccc7c7ccccc76)cc5c5cc(-n6c7ccccc7c7ccccc76)ccc54)cc3)nc3ncccn23)cc1. The fourth-order valence-electron chi connectivity index (χ4n) is 9.69. The van der Waals surface area contributed by atoms with E-state index in [4.69, 9.17) is 4.98 Å². The van der Waals surface area contributed by atoms with Gasteiger partial charge in [-0.1, -0.05) is 115 Å². The minimum absolute atomic E-state index is 0.677. The molecule has 13 rings (SSSR count). The van der Waals surface area contributed by atoms with Gasteiger partial charge in [0.15, 0.2) is 0 Å². The first-order valence-electron chi connectivity index (χ1n) is 20.3. The van der Waals surface area contributed by atoms with E-state index in [2.05, 4.69) is 205 Å². The van der Waals surface area contributed by atoms with Crippen molar-refractivity contribution >= 4 is 71.2 Å². The Bertz CT molecular complexity index is 3550. The standard InChI is InChI=1S/C54H34N6/c1-2-13-36(14-3-1)53-52(56-54-55-31-12-32-57(53)54)35-23-25-37(26-24-35)58-50-29-27-38(59-46-19-8-4-15-40(46)41-16-5-9-20-47(41)59)33-44(50)45-34-39(28-30-51(45)58)60-48-21-10-6-17-42(48)43-18-7-11-22-49(43)60/h1-34H. The molecule has 0 aliphatic rings. The fourth-order valence-corrected chi connectivity index (χ4v) is 9.69. The van der Waals surface area contributed by atoms with E-state index in [0.717, 1.165) is 50.6 Å². The third-order valence-corrected chi connectivity index (χ3v) is 12.3. The second kappa shape index (κ2) is 12.6. The highest BCUT2D eigenvalue weighted by atomic mass is 15.1. The Kier molecular flexibility index (Phi) is 6.91. The first-order chi connectivity index (χ1) is 29.8. The quantitative estimate of drug-likeness (QED) is 0.175. The largest absolute Gasteiger partial charge is 0.309 e. The highest BCUT2D eigenvalue weighted by Crippen LogP contribution is 2.40. The number of rotatable bonds is 5. The molecule has 0 saturated carbocycles. The van der Waals surface area contributed by atoms with E-state index in [1.165, 1.54) is 54.4 Å². The lowest BCUT2D eigenvalue weighted by Crippen LogP contribution is -1.96. The zero-order valence-corrected chi connectivity index (χ0v) is 32.3. The van der Waals surface area contributed by atoms with E-state index < -0.39 is 0 Å². The lowest BCUT2D eigenvalue weighted by atomic mass is 10.0. The molecule has 6 heteroatoms. The van der Waals surface area contributed by atoms with Crippen LogP contribution in [0.15, 0.2) is 207 Å². The smallest absolute Gasteiger partial charge is 0.234 e. The summed E-state index contributed by atoms with van der Waals surface area (Å²) in [5, 5.41) is 7.38. The summed E-state index contributed by atoms with van der Waals surface area (Å²) >= 11 is 0. The Hall–Kier alpha value is -8.22. The van der Waals surface area contributed by atoms with Crippen LogP contribution in [0.2, 0.25) is 0 Å². The molecule has 0 spiro atoms. The molecular weight excluding hydrogens is 733 g/mol. The molecule has 0 radical (unpaired) electrons. The van der Waals surface area contributed by atoms with Crippen LogP contribution in [0, 0.1) is 0 Å². The molecule has 280 valence electrons. The summed E-state index contributed by atoms with van der Waals surface area (Å²) in [6, 6.07) is 70.0. The molecule has 13 aromatic rings. The van der Waals surface area contributed by atoms with Crippen molar-refractivity contribution in [2.24, 2.45) is 0 Å². The normalized spacial score (nSPS) is 12.0. The molecule has 60 heavy (non-hydrogen) atoms. The molecule has 0 aliphatic carbocycles. The van der Waals surface area contributed by atoms with Crippen molar-refractivity contribution in [1.29, 1.82) is 0 Å². The molecule has 0 N–H and O–H groups in total. The Labute approximate surface area is 344 Å². The van der Waals surface area contributed by atoms with E-state index in [1.54, 1.807) is 6.20 Å². The third-order valence-electron chi connectivity index (χ3n) is 12.3. The monoisotopic (exact) mass is 766 g/mol. The van der Waals surface area contributed by atoms with E-state index >= 15 is 0 Å². The topological polar surface area (TPSA) is 45.0 Å². The molecule has 0 fully saturated rings. The maximum absolute atomic E-state index is 5.05. The summed E-state index contributed by atoms with van der Waals surface area (Å²) in [7, 11) is 0. The van der Waals surface area contributed by atoms with Gasteiger partial charge in [-0.25, -0.2) is 9.97 Å². The lowest BCUT2D eigenvalue weighted by Gasteiger charge is -2.11. The maximum atomic E-state index is 5.05. The average Bonchev–Trinajstić information content (AvgIpc) is 4.06. The molecular formula is C54H34N6. The van der Waals surface area contributed by atoms with Crippen LogP contribution in [0.25, 0.3) is 111 Å². The van der Waals surface area contributed by atoms with Crippen LogP contribution in [0.5, 0.6) is 0 Å². The van der Waals surface area contributed by atoms with Crippen LogP contribution >= 0.6 is 0 Å². The third kappa shape index (κ3) is 4.70. The molecule has 6 nitrogen and oxygen atoms in total. The van der Waals surface area contributed by atoms with Crippen molar-refractivity contribution in [3.63, 3.8) is 0 Å². The molecule has 0 aliphatic heterocycles. The van der Waals surface area contributed by atoms with Crippen molar-refractivity contribution in [2.75, 3.05) is 0 Å². The van der Waals surface area contributed by atoms with E-state index in [-0.39, 0.29) is 0 Å². The predicted octanol–water partition coefficient (Wildman–Crippen LogP) is 13.4. The second-order valence-corrected chi connectivity index (χ2v) is 15.5. The average molecular weight is 767 g/mol. The molecule has 0 unspecified atom stereocenters.